The molecule has 8 heteroatoms. The zero-order chi connectivity index (χ0) is 29.2. The van der Waals surface area contributed by atoms with Crippen molar-refractivity contribution in [3.8, 4) is 11.8 Å². The van der Waals surface area contributed by atoms with Gasteiger partial charge in [-0.1, -0.05) is 89.7 Å². The topological polar surface area (TPSA) is 96.5 Å². The van der Waals surface area contributed by atoms with Gasteiger partial charge in [0.1, 0.15) is 11.8 Å². The number of hydrogen-bond acceptors (Lipinski definition) is 6. The molecule has 42 heavy (non-hydrogen) atoms. The SMILES string of the molecule is CC1=C(C(=O)Nc2ccccc2)[C@H](c2ccc(C)cc2)n2c(s/c(=C\c3c(OCC#N)ccc4ccccc34)c2=O)=N1. The number of nitrogens with one attached hydrogen (secondary N) is 1. The van der Waals surface area contributed by atoms with Crippen molar-refractivity contribution in [2.24, 2.45) is 4.99 Å². The molecule has 4 aromatic carbocycles. The molecule has 0 unspecified atom stereocenters. The largest absolute Gasteiger partial charge is 0.478 e. The van der Waals surface area contributed by atoms with Gasteiger partial charge in [-0.05, 0) is 54.5 Å². The summed E-state index contributed by atoms with van der Waals surface area (Å²) < 4.78 is 7.80. The van der Waals surface area contributed by atoms with Crippen molar-refractivity contribution in [1.82, 2.24) is 4.57 Å². The van der Waals surface area contributed by atoms with Crippen molar-refractivity contribution < 1.29 is 9.53 Å². The molecule has 0 saturated heterocycles. The number of allylic oxidation sites excluding steroid dienone is 1. The van der Waals surface area contributed by atoms with Gasteiger partial charge in [-0.2, -0.15) is 5.26 Å². The van der Waals surface area contributed by atoms with Gasteiger partial charge in [-0.15, -0.1) is 0 Å². The summed E-state index contributed by atoms with van der Waals surface area (Å²) in [5, 5.41) is 14.0. The van der Waals surface area contributed by atoms with Crippen LogP contribution in [0.3, 0.4) is 0 Å². The van der Waals surface area contributed by atoms with E-state index in [0.717, 1.165) is 21.9 Å². The van der Waals surface area contributed by atoms with Crippen LogP contribution in [0.15, 0.2) is 112 Å². The Kier molecular flexibility index (Phi) is 7.26. The number of aromatic nitrogens is 1. The quantitative estimate of drug-likeness (QED) is 0.302. The maximum Gasteiger partial charge on any atom is 0.271 e. The lowest BCUT2D eigenvalue weighted by molar-refractivity contribution is -0.113. The molecule has 1 aliphatic heterocycles. The number of hydrogen-bond donors (Lipinski definition) is 1. The lowest BCUT2D eigenvalue weighted by atomic mass is 9.94. The second-order valence-electron chi connectivity index (χ2n) is 9.96. The zero-order valence-corrected chi connectivity index (χ0v) is 23.8. The fraction of sp³-hybridized carbons (Fsp3) is 0.118. The van der Waals surface area contributed by atoms with E-state index in [2.05, 4.69) is 5.32 Å². The summed E-state index contributed by atoms with van der Waals surface area (Å²) in [6.07, 6.45) is 1.80. The van der Waals surface area contributed by atoms with Crippen molar-refractivity contribution in [3.05, 3.63) is 139 Å². The monoisotopic (exact) mass is 570 g/mol. The van der Waals surface area contributed by atoms with Gasteiger partial charge in [0.2, 0.25) is 0 Å². The second-order valence-corrected chi connectivity index (χ2v) is 11.0. The Labute approximate surface area is 246 Å². The highest BCUT2D eigenvalue weighted by Crippen LogP contribution is 2.32. The summed E-state index contributed by atoms with van der Waals surface area (Å²) in [5.74, 6) is 0.193. The number of thiazole rings is 1. The third kappa shape index (κ3) is 5.02. The van der Waals surface area contributed by atoms with Crippen LogP contribution in [0.2, 0.25) is 0 Å². The van der Waals surface area contributed by atoms with Crippen molar-refractivity contribution in [2.45, 2.75) is 19.9 Å². The molecule has 7 nitrogen and oxygen atoms in total. The van der Waals surface area contributed by atoms with E-state index < -0.39 is 6.04 Å². The summed E-state index contributed by atoms with van der Waals surface area (Å²) >= 11 is 1.26. The highest BCUT2D eigenvalue weighted by atomic mass is 32.1. The summed E-state index contributed by atoms with van der Waals surface area (Å²) in [4.78, 5) is 33.2. The number of nitrogens with zero attached hydrogens (tertiary/aromatic N) is 3. The minimum atomic E-state index is -0.672. The first-order valence-corrected chi connectivity index (χ1v) is 14.2. The Morgan fingerprint density at radius 1 is 1.02 bits per heavy atom. The smallest absolute Gasteiger partial charge is 0.271 e. The van der Waals surface area contributed by atoms with Crippen molar-refractivity contribution in [1.29, 1.82) is 5.26 Å². The van der Waals surface area contributed by atoms with E-state index in [0.29, 0.717) is 37.6 Å². The Bertz CT molecular complexity index is 2090. The first-order chi connectivity index (χ1) is 20.4. The zero-order valence-electron chi connectivity index (χ0n) is 23.0. The van der Waals surface area contributed by atoms with Gasteiger partial charge in [0.25, 0.3) is 11.5 Å². The van der Waals surface area contributed by atoms with Crippen molar-refractivity contribution in [2.75, 3.05) is 11.9 Å². The second kappa shape index (κ2) is 11.3. The molecule has 0 aliphatic carbocycles. The third-order valence-electron chi connectivity index (χ3n) is 7.19. The summed E-state index contributed by atoms with van der Waals surface area (Å²) in [7, 11) is 0. The number of benzene rings is 4. The molecule has 0 saturated carbocycles. The number of anilines is 1. The number of nitriles is 1. The molecular weight excluding hydrogens is 544 g/mol. The average Bonchev–Trinajstić information content (AvgIpc) is 3.30. The normalized spacial score (nSPS) is 14.7. The van der Waals surface area contributed by atoms with Gasteiger partial charge in [0.15, 0.2) is 11.4 Å². The lowest BCUT2D eigenvalue weighted by Crippen LogP contribution is -2.40. The first kappa shape index (κ1) is 26.9. The Morgan fingerprint density at radius 2 is 1.76 bits per heavy atom. The van der Waals surface area contributed by atoms with Crippen LogP contribution in [0.25, 0.3) is 16.8 Å². The summed E-state index contributed by atoms with van der Waals surface area (Å²) in [5.41, 5.74) is 3.94. The van der Waals surface area contributed by atoms with Crippen LogP contribution in [0, 0.1) is 18.3 Å². The van der Waals surface area contributed by atoms with Crippen LogP contribution in [0.4, 0.5) is 5.69 Å². The van der Waals surface area contributed by atoms with Gasteiger partial charge in [-0.25, -0.2) is 4.99 Å². The Hall–Kier alpha value is -5.26. The molecule has 1 atom stereocenters. The molecule has 1 aromatic heterocycles. The fourth-order valence-corrected chi connectivity index (χ4v) is 6.22. The number of carbonyl (C=O) groups excluding carboxylic acids is 1. The number of aryl methyl sites for hydroxylation is 1. The van der Waals surface area contributed by atoms with E-state index in [1.165, 1.54) is 11.3 Å². The fourth-order valence-electron chi connectivity index (χ4n) is 5.19. The minimum absolute atomic E-state index is 0.118. The number of amides is 1. The predicted molar refractivity (Wildman–Crippen MR) is 165 cm³/mol. The number of fused-ring (bicyclic) bond motifs is 2. The molecule has 0 spiro atoms. The summed E-state index contributed by atoms with van der Waals surface area (Å²) in [6.45, 7) is 3.68. The maximum absolute atomic E-state index is 14.2. The molecule has 6 rings (SSSR count). The van der Waals surface area contributed by atoms with E-state index in [-0.39, 0.29) is 18.1 Å². The first-order valence-electron chi connectivity index (χ1n) is 13.4. The van der Waals surface area contributed by atoms with E-state index in [1.54, 1.807) is 17.6 Å². The molecule has 0 bridgehead atoms. The standard InChI is InChI=1S/C34H26N4O3S/c1-21-12-14-24(15-13-21)31-30(32(39)37-25-9-4-3-5-10-25)22(2)36-34-38(31)33(40)29(42-34)20-27-26-11-7-6-8-23(26)16-17-28(27)41-19-18-35/h3-17,20,31H,19H2,1-2H3,(H,37,39)/b29-20-/t31-/m0/s1. The maximum atomic E-state index is 14.2. The number of rotatable bonds is 6. The van der Waals surface area contributed by atoms with Crippen molar-refractivity contribution >= 4 is 39.8 Å². The van der Waals surface area contributed by atoms with Crippen LogP contribution < -0.4 is 24.9 Å². The highest BCUT2D eigenvalue weighted by molar-refractivity contribution is 7.07. The molecule has 0 radical (unpaired) electrons. The highest BCUT2D eigenvalue weighted by Gasteiger charge is 2.32. The van der Waals surface area contributed by atoms with E-state index in [9.17, 15) is 9.59 Å². The molecule has 1 aliphatic rings. The molecule has 1 amide bonds. The van der Waals surface area contributed by atoms with Gasteiger partial charge in [0.05, 0.1) is 21.8 Å². The van der Waals surface area contributed by atoms with Gasteiger partial charge in [0, 0.05) is 11.3 Å². The minimum Gasteiger partial charge on any atom is -0.478 e. The molecular formula is C34H26N4O3S. The molecule has 0 fully saturated rings. The van der Waals surface area contributed by atoms with E-state index in [1.807, 2.05) is 104 Å². The van der Waals surface area contributed by atoms with Gasteiger partial charge >= 0.3 is 0 Å². The van der Waals surface area contributed by atoms with Crippen LogP contribution in [0.1, 0.15) is 29.7 Å². The molecule has 206 valence electrons. The van der Waals surface area contributed by atoms with Crippen LogP contribution in [0.5, 0.6) is 5.75 Å². The van der Waals surface area contributed by atoms with E-state index in [4.69, 9.17) is 15.0 Å². The van der Waals surface area contributed by atoms with Gasteiger partial charge in [-0.3, -0.25) is 14.2 Å². The third-order valence-corrected chi connectivity index (χ3v) is 8.17. The molecule has 2 heterocycles. The van der Waals surface area contributed by atoms with Crippen LogP contribution >= 0.6 is 11.3 Å². The number of carbonyl (C=O) groups is 1. The van der Waals surface area contributed by atoms with E-state index >= 15 is 0 Å². The predicted octanol–water partition coefficient (Wildman–Crippen LogP) is 5.24. The molecule has 1 N–H and O–H groups in total. The average molecular weight is 571 g/mol. The Balaban J connectivity index is 1.55. The van der Waals surface area contributed by atoms with Gasteiger partial charge < -0.3 is 10.1 Å². The van der Waals surface area contributed by atoms with Crippen LogP contribution in [-0.4, -0.2) is 17.1 Å². The number of ether oxygens (including phenoxy) is 1. The van der Waals surface area contributed by atoms with Crippen molar-refractivity contribution in [3.63, 3.8) is 0 Å². The number of para-hydroxylation sites is 1. The molecule has 5 aromatic rings. The Morgan fingerprint density at radius 3 is 2.52 bits per heavy atom. The van der Waals surface area contributed by atoms with Crippen LogP contribution in [-0.2, 0) is 4.79 Å². The lowest BCUT2D eigenvalue weighted by Gasteiger charge is -2.25. The summed E-state index contributed by atoms with van der Waals surface area (Å²) in [6, 6.07) is 30.0.